The van der Waals surface area contributed by atoms with Gasteiger partial charge in [-0.1, -0.05) is 0 Å². The summed E-state index contributed by atoms with van der Waals surface area (Å²) in [6.45, 7) is 5.25. The van der Waals surface area contributed by atoms with E-state index in [9.17, 15) is 14.4 Å². The predicted octanol–water partition coefficient (Wildman–Crippen LogP) is 0.901. The molecular weight excluding hydrogens is 350 g/mol. The van der Waals surface area contributed by atoms with Crippen molar-refractivity contribution in [1.29, 1.82) is 0 Å². The average molecular weight is 371 g/mol. The number of carbonyl (C=O) groups is 1. The number of aromatic nitrogens is 5. The second-order valence-electron chi connectivity index (χ2n) is 6.54. The maximum atomic E-state index is 12.5. The molecule has 9 heteroatoms. The Balaban J connectivity index is 2.03. The Labute approximate surface area is 154 Å². The number of imidazole rings is 1. The van der Waals surface area contributed by atoms with Crippen molar-refractivity contribution in [2.24, 2.45) is 21.1 Å². The lowest BCUT2D eigenvalue weighted by Gasteiger charge is -2.14. The van der Waals surface area contributed by atoms with Crippen LogP contribution in [0.25, 0.3) is 11.2 Å². The Morgan fingerprint density at radius 1 is 1.04 bits per heavy atom. The monoisotopic (exact) mass is 371 g/mol. The van der Waals surface area contributed by atoms with Gasteiger partial charge in [-0.05, 0) is 32.9 Å². The maximum Gasteiger partial charge on any atom is 0.340 e. The summed E-state index contributed by atoms with van der Waals surface area (Å²) in [5.74, 6) is -0.157. The summed E-state index contributed by atoms with van der Waals surface area (Å²) in [5.41, 5.74) is 1.35. The highest BCUT2D eigenvalue weighted by atomic mass is 16.5. The Hall–Kier alpha value is -3.23. The number of rotatable bonds is 3. The van der Waals surface area contributed by atoms with Gasteiger partial charge in [0.2, 0.25) is 0 Å². The van der Waals surface area contributed by atoms with Gasteiger partial charge >= 0.3 is 11.7 Å². The Morgan fingerprint density at radius 3 is 2.33 bits per heavy atom. The lowest BCUT2D eigenvalue weighted by molar-refractivity contribution is 0.0314. The van der Waals surface area contributed by atoms with Crippen LogP contribution < -0.4 is 11.2 Å². The summed E-state index contributed by atoms with van der Waals surface area (Å²) in [6.07, 6.45) is -0.726. The number of hydrogen-bond donors (Lipinski definition) is 0. The molecule has 0 aromatic carbocycles. The predicted molar refractivity (Wildman–Crippen MR) is 98.7 cm³/mol. The van der Waals surface area contributed by atoms with Crippen molar-refractivity contribution in [1.82, 2.24) is 23.7 Å². The highest BCUT2D eigenvalue weighted by molar-refractivity contribution is 5.90. The van der Waals surface area contributed by atoms with Crippen molar-refractivity contribution >= 4 is 17.1 Å². The first-order chi connectivity index (χ1) is 12.6. The molecule has 1 atom stereocenters. The molecule has 0 bridgehead atoms. The lowest BCUT2D eigenvalue weighted by Crippen LogP contribution is -2.37. The fourth-order valence-corrected chi connectivity index (χ4v) is 3.08. The van der Waals surface area contributed by atoms with Gasteiger partial charge in [0.1, 0.15) is 0 Å². The van der Waals surface area contributed by atoms with E-state index in [0.717, 1.165) is 10.3 Å². The first-order valence-electron chi connectivity index (χ1n) is 8.41. The fraction of sp³-hybridized carbons (Fsp3) is 0.389. The van der Waals surface area contributed by atoms with E-state index in [-0.39, 0.29) is 11.2 Å². The van der Waals surface area contributed by atoms with E-state index in [0.29, 0.717) is 17.1 Å². The number of ether oxygens (including phenoxy) is 1. The molecule has 0 saturated carbocycles. The van der Waals surface area contributed by atoms with Crippen molar-refractivity contribution in [3.05, 3.63) is 55.7 Å². The molecule has 142 valence electrons. The first kappa shape index (κ1) is 18.6. The van der Waals surface area contributed by atoms with Gasteiger partial charge in [-0.15, -0.1) is 0 Å². The summed E-state index contributed by atoms with van der Waals surface area (Å²) in [7, 11) is 4.60. The van der Waals surface area contributed by atoms with Crippen molar-refractivity contribution in [2.75, 3.05) is 0 Å². The topological polar surface area (TPSA) is 101 Å². The van der Waals surface area contributed by atoms with Gasteiger partial charge in [-0.2, -0.15) is 0 Å². The minimum atomic E-state index is -0.726. The summed E-state index contributed by atoms with van der Waals surface area (Å²) >= 11 is 0. The number of esters is 1. The molecule has 1 unspecified atom stereocenters. The third-order valence-electron chi connectivity index (χ3n) is 4.60. The van der Waals surface area contributed by atoms with Gasteiger partial charge in [-0.25, -0.2) is 14.6 Å². The Bertz CT molecular complexity index is 1190. The molecule has 0 fully saturated rings. The summed E-state index contributed by atoms with van der Waals surface area (Å²) in [5, 5.41) is 0. The highest BCUT2D eigenvalue weighted by Gasteiger charge is 2.23. The minimum Gasteiger partial charge on any atom is -0.451 e. The van der Waals surface area contributed by atoms with Crippen molar-refractivity contribution < 1.29 is 9.53 Å². The second-order valence-corrected chi connectivity index (χ2v) is 6.54. The summed E-state index contributed by atoms with van der Waals surface area (Å²) < 4.78 is 9.40. The molecule has 3 aromatic heterocycles. The molecule has 0 aliphatic heterocycles. The molecular formula is C18H21N5O4. The average Bonchev–Trinajstić information content (AvgIpc) is 2.95. The molecule has 27 heavy (non-hydrogen) atoms. The molecule has 0 N–H and O–H groups in total. The smallest absolute Gasteiger partial charge is 0.340 e. The molecule has 0 aliphatic carbocycles. The SMILES string of the molecule is Cc1ccc(C(=O)OC(C)c2nc3c(c(=O)n(C)c(=O)n3C)n2C)c(C)n1. The molecule has 0 amide bonds. The number of aryl methyl sites for hydroxylation is 4. The number of pyridine rings is 1. The van der Waals surface area contributed by atoms with Gasteiger partial charge in [0.25, 0.3) is 5.56 Å². The zero-order chi connectivity index (χ0) is 20.0. The third kappa shape index (κ3) is 2.94. The van der Waals surface area contributed by atoms with Gasteiger partial charge in [0, 0.05) is 26.8 Å². The van der Waals surface area contributed by atoms with Crippen LogP contribution in [0.2, 0.25) is 0 Å². The highest BCUT2D eigenvalue weighted by Crippen LogP contribution is 2.21. The summed E-state index contributed by atoms with van der Waals surface area (Å²) in [6, 6.07) is 3.41. The molecule has 0 spiro atoms. The maximum absolute atomic E-state index is 12.5. The van der Waals surface area contributed by atoms with Gasteiger partial charge in [0.15, 0.2) is 23.1 Å². The summed E-state index contributed by atoms with van der Waals surface area (Å²) in [4.78, 5) is 45.7. The Kier molecular flexibility index (Phi) is 4.46. The van der Waals surface area contributed by atoms with E-state index in [4.69, 9.17) is 4.74 Å². The number of hydrogen-bond acceptors (Lipinski definition) is 6. The van der Waals surface area contributed by atoms with Crippen molar-refractivity contribution in [2.45, 2.75) is 26.9 Å². The van der Waals surface area contributed by atoms with E-state index < -0.39 is 23.3 Å². The van der Waals surface area contributed by atoms with Crippen molar-refractivity contribution in [3.63, 3.8) is 0 Å². The number of carbonyl (C=O) groups excluding carboxylic acids is 1. The standard InChI is InChI=1S/C18H21N5O4/c1-9-7-8-12(10(2)19-9)17(25)27-11(3)14-20-15-13(21(14)4)16(24)23(6)18(26)22(15)5/h7-8,11H,1-6H3. The van der Waals surface area contributed by atoms with Gasteiger partial charge < -0.3 is 9.30 Å². The molecule has 0 saturated heterocycles. The fourth-order valence-electron chi connectivity index (χ4n) is 3.08. The first-order valence-corrected chi connectivity index (χ1v) is 8.41. The third-order valence-corrected chi connectivity index (χ3v) is 4.60. The van der Waals surface area contributed by atoms with Gasteiger partial charge in [-0.3, -0.25) is 18.9 Å². The zero-order valence-electron chi connectivity index (χ0n) is 16.1. The molecule has 0 aliphatic rings. The van der Waals surface area contributed by atoms with Crippen LogP contribution >= 0.6 is 0 Å². The van der Waals surface area contributed by atoms with Crippen LogP contribution in [0.15, 0.2) is 21.7 Å². The van der Waals surface area contributed by atoms with Crippen LogP contribution in [0.4, 0.5) is 0 Å². The molecule has 3 aromatic rings. The van der Waals surface area contributed by atoms with Crippen LogP contribution in [0.5, 0.6) is 0 Å². The van der Waals surface area contributed by atoms with Crippen LogP contribution in [0.1, 0.15) is 40.6 Å². The molecule has 3 heterocycles. The van der Waals surface area contributed by atoms with E-state index in [1.807, 2.05) is 6.92 Å². The van der Waals surface area contributed by atoms with Gasteiger partial charge in [0.05, 0.1) is 11.3 Å². The van der Waals surface area contributed by atoms with E-state index in [2.05, 4.69) is 9.97 Å². The Morgan fingerprint density at radius 2 is 1.70 bits per heavy atom. The molecule has 0 radical (unpaired) electrons. The zero-order valence-corrected chi connectivity index (χ0v) is 16.1. The lowest BCUT2D eigenvalue weighted by atomic mass is 10.2. The van der Waals surface area contributed by atoms with E-state index in [1.54, 1.807) is 44.6 Å². The number of nitrogens with zero attached hydrogens (tertiary/aromatic N) is 5. The van der Waals surface area contributed by atoms with E-state index in [1.165, 1.54) is 11.6 Å². The number of fused-ring (bicyclic) bond motifs is 1. The quantitative estimate of drug-likeness (QED) is 0.634. The van der Waals surface area contributed by atoms with Crippen LogP contribution in [-0.2, 0) is 25.9 Å². The van der Waals surface area contributed by atoms with E-state index >= 15 is 0 Å². The van der Waals surface area contributed by atoms with Crippen LogP contribution in [0.3, 0.4) is 0 Å². The minimum absolute atomic E-state index is 0.247. The normalized spacial score (nSPS) is 12.4. The van der Waals surface area contributed by atoms with Crippen molar-refractivity contribution in [3.8, 4) is 0 Å². The second kappa shape index (κ2) is 6.49. The molecule has 3 rings (SSSR count). The van der Waals surface area contributed by atoms with Crippen LogP contribution in [-0.4, -0.2) is 29.6 Å². The largest absolute Gasteiger partial charge is 0.451 e. The molecule has 9 nitrogen and oxygen atoms in total. The van der Waals surface area contributed by atoms with Crippen LogP contribution in [0, 0.1) is 13.8 Å².